The van der Waals surface area contributed by atoms with Crippen molar-refractivity contribution in [3.05, 3.63) is 51.9 Å². The first kappa shape index (κ1) is 14.4. The molecule has 0 unspecified atom stereocenters. The fraction of sp³-hybridized carbons (Fsp3) is 0.333. The molecule has 1 aromatic heterocycles. The van der Waals surface area contributed by atoms with Crippen LogP contribution in [0.1, 0.15) is 11.1 Å². The quantitative estimate of drug-likeness (QED) is 0.785. The maximum Gasteiger partial charge on any atom is 0.173 e. The number of hydrogen-bond acceptors (Lipinski definition) is 3. The normalized spacial score (nSPS) is 10.6. The highest BCUT2D eigenvalue weighted by molar-refractivity contribution is 7.12. The first-order valence-electron chi connectivity index (χ1n) is 6.34. The summed E-state index contributed by atoms with van der Waals surface area (Å²) in [5.74, 6) is 0. The third kappa shape index (κ3) is 4.86. The van der Waals surface area contributed by atoms with Crippen molar-refractivity contribution in [1.29, 1.82) is 0 Å². The molecule has 0 fully saturated rings. The molecule has 0 radical (unpaired) electrons. The van der Waals surface area contributed by atoms with Gasteiger partial charge in [-0.1, -0.05) is 23.7 Å². The van der Waals surface area contributed by atoms with Crippen LogP contribution in [0.25, 0.3) is 0 Å². The molecule has 1 aromatic carbocycles. The summed E-state index contributed by atoms with van der Waals surface area (Å²) in [7, 11) is 1.71. The number of methoxy groups -OCH3 is 1. The lowest BCUT2D eigenvalue weighted by molar-refractivity contribution is 0.427. The molecule has 0 atom stereocenters. The Balaban J connectivity index is 1.63. The van der Waals surface area contributed by atoms with Gasteiger partial charge in [0.1, 0.15) is 0 Å². The predicted octanol–water partition coefficient (Wildman–Crippen LogP) is 3.78. The van der Waals surface area contributed by atoms with E-state index >= 15 is 0 Å². The highest BCUT2D eigenvalue weighted by Gasteiger charge is 1.99. The fourth-order valence-electron chi connectivity index (χ4n) is 1.83. The van der Waals surface area contributed by atoms with Crippen molar-refractivity contribution in [2.24, 2.45) is 0 Å². The third-order valence-electron chi connectivity index (χ3n) is 2.93. The summed E-state index contributed by atoms with van der Waals surface area (Å²) in [6.07, 6.45) is 2.07. The summed E-state index contributed by atoms with van der Waals surface area (Å²) < 4.78 is 5.18. The molecule has 1 N–H and O–H groups in total. The minimum absolute atomic E-state index is 0.795. The van der Waals surface area contributed by atoms with Gasteiger partial charge in [-0.15, -0.1) is 11.3 Å². The molecule has 102 valence electrons. The van der Waals surface area contributed by atoms with Gasteiger partial charge in [0.15, 0.2) is 5.06 Å². The van der Waals surface area contributed by atoms with E-state index in [0.29, 0.717) is 0 Å². The van der Waals surface area contributed by atoms with E-state index in [4.69, 9.17) is 16.3 Å². The number of rotatable bonds is 7. The molecule has 2 rings (SSSR count). The van der Waals surface area contributed by atoms with Gasteiger partial charge in [0, 0.05) is 5.02 Å². The van der Waals surface area contributed by atoms with Crippen LogP contribution >= 0.6 is 22.9 Å². The zero-order chi connectivity index (χ0) is 13.5. The molecule has 1 heterocycles. The van der Waals surface area contributed by atoms with Crippen LogP contribution in [0.4, 0.5) is 0 Å². The molecule has 0 aliphatic carbocycles. The molecular formula is C15H18ClNOS. The molecule has 0 saturated carbocycles. The van der Waals surface area contributed by atoms with Crippen molar-refractivity contribution in [3.63, 3.8) is 0 Å². The summed E-state index contributed by atoms with van der Waals surface area (Å²) in [6.45, 7) is 1.98. The van der Waals surface area contributed by atoms with Gasteiger partial charge in [-0.3, -0.25) is 0 Å². The van der Waals surface area contributed by atoms with Crippen LogP contribution in [0.3, 0.4) is 0 Å². The lowest BCUT2D eigenvalue weighted by atomic mass is 10.1. The highest BCUT2D eigenvalue weighted by Crippen LogP contribution is 2.22. The second kappa shape index (κ2) is 7.53. The first-order valence-corrected chi connectivity index (χ1v) is 7.60. The van der Waals surface area contributed by atoms with Crippen molar-refractivity contribution in [3.8, 4) is 5.06 Å². The van der Waals surface area contributed by atoms with Crippen LogP contribution in [0, 0.1) is 0 Å². The van der Waals surface area contributed by atoms with Crippen LogP contribution in [-0.4, -0.2) is 20.2 Å². The van der Waals surface area contributed by atoms with Gasteiger partial charge in [-0.2, -0.15) is 0 Å². The number of thiophene rings is 1. The number of hydrogen-bond donors (Lipinski definition) is 1. The maximum atomic E-state index is 5.85. The Morgan fingerprint density at radius 3 is 2.42 bits per heavy atom. The Morgan fingerprint density at radius 2 is 1.79 bits per heavy atom. The van der Waals surface area contributed by atoms with E-state index in [1.54, 1.807) is 18.4 Å². The van der Waals surface area contributed by atoms with Crippen molar-refractivity contribution in [1.82, 2.24) is 5.32 Å². The highest BCUT2D eigenvalue weighted by atomic mass is 35.5. The second-order valence-corrected chi connectivity index (χ2v) is 5.66. The van der Waals surface area contributed by atoms with Gasteiger partial charge in [0.2, 0.25) is 0 Å². The number of ether oxygens (including phenoxy) is 1. The summed E-state index contributed by atoms with van der Waals surface area (Å²) in [5, 5.41) is 7.38. The SMILES string of the molecule is COc1cc(CCNCCc2ccc(Cl)cc2)cs1. The number of nitrogens with one attached hydrogen (secondary N) is 1. The van der Waals surface area contributed by atoms with Crippen molar-refractivity contribution in [2.75, 3.05) is 20.2 Å². The Bertz CT molecular complexity index is 495. The molecule has 0 saturated heterocycles. The van der Waals surface area contributed by atoms with Crippen LogP contribution in [0.15, 0.2) is 35.7 Å². The van der Waals surface area contributed by atoms with Gasteiger partial charge in [-0.25, -0.2) is 0 Å². The lowest BCUT2D eigenvalue weighted by Gasteiger charge is -2.04. The fourth-order valence-corrected chi connectivity index (χ4v) is 2.73. The Morgan fingerprint density at radius 1 is 1.11 bits per heavy atom. The Labute approximate surface area is 123 Å². The molecule has 2 nitrogen and oxygen atoms in total. The predicted molar refractivity (Wildman–Crippen MR) is 82.6 cm³/mol. The Kier molecular flexibility index (Phi) is 5.70. The van der Waals surface area contributed by atoms with Crippen molar-refractivity contribution >= 4 is 22.9 Å². The van der Waals surface area contributed by atoms with Gasteiger partial charge in [0.05, 0.1) is 7.11 Å². The standard InChI is InChI=1S/C15H18ClNOS/c1-18-15-10-13(11-19-15)7-9-17-8-6-12-2-4-14(16)5-3-12/h2-5,10-11,17H,6-9H2,1H3. The topological polar surface area (TPSA) is 21.3 Å². The molecule has 4 heteroatoms. The van der Waals surface area contributed by atoms with E-state index in [1.807, 2.05) is 12.1 Å². The minimum Gasteiger partial charge on any atom is -0.487 e. The molecule has 0 amide bonds. The minimum atomic E-state index is 0.795. The van der Waals surface area contributed by atoms with E-state index in [1.165, 1.54) is 11.1 Å². The van der Waals surface area contributed by atoms with E-state index in [2.05, 4.69) is 28.9 Å². The Hall–Kier alpha value is -1.03. The van der Waals surface area contributed by atoms with Crippen LogP contribution in [0.2, 0.25) is 5.02 Å². The summed E-state index contributed by atoms with van der Waals surface area (Å²) >= 11 is 7.50. The largest absolute Gasteiger partial charge is 0.487 e. The second-order valence-electron chi connectivity index (χ2n) is 4.35. The van der Waals surface area contributed by atoms with E-state index < -0.39 is 0 Å². The number of benzene rings is 1. The zero-order valence-electron chi connectivity index (χ0n) is 11.0. The van der Waals surface area contributed by atoms with Gasteiger partial charge < -0.3 is 10.1 Å². The average Bonchev–Trinajstić information content (AvgIpc) is 2.88. The van der Waals surface area contributed by atoms with Crippen LogP contribution in [0.5, 0.6) is 5.06 Å². The molecule has 0 aliphatic heterocycles. The van der Waals surface area contributed by atoms with E-state index in [-0.39, 0.29) is 0 Å². The van der Waals surface area contributed by atoms with Gasteiger partial charge in [-0.05, 0) is 60.6 Å². The summed E-state index contributed by atoms with van der Waals surface area (Å²) in [6, 6.07) is 10.1. The van der Waals surface area contributed by atoms with Crippen LogP contribution < -0.4 is 10.1 Å². The average molecular weight is 296 g/mol. The van der Waals surface area contributed by atoms with Gasteiger partial charge in [0.25, 0.3) is 0 Å². The molecule has 2 aromatic rings. The maximum absolute atomic E-state index is 5.85. The monoisotopic (exact) mass is 295 g/mol. The summed E-state index contributed by atoms with van der Waals surface area (Å²) in [5.41, 5.74) is 2.65. The number of halogens is 1. The van der Waals surface area contributed by atoms with Gasteiger partial charge >= 0.3 is 0 Å². The molecule has 0 aliphatic rings. The van der Waals surface area contributed by atoms with E-state index in [0.717, 1.165) is 36.0 Å². The smallest absolute Gasteiger partial charge is 0.173 e. The molecule has 19 heavy (non-hydrogen) atoms. The third-order valence-corrected chi connectivity index (χ3v) is 4.11. The van der Waals surface area contributed by atoms with Crippen molar-refractivity contribution in [2.45, 2.75) is 12.8 Å². The lowest BCUT2D eigenvalue weighted by Crippen LogP contribution is -2.19. The molecule has 0 bridgehead atoms. The van der Waals surface area contributed by atoms with Crippen molar-refractivity contribution < 1.29 is 4.74 Å². The van der Waals surface area contributed by atoms with Crippen LogP contribution in [-0.2, 0) is 12.8 Å². The first-order chi connectivity index (χ1) is 9.28. The molecular weight excluding hydrogens is 278 g/mol. The van der Waals surface area contributed by atoms with E-state index in [9.17, 15) is 0 Å². The zero-order valence-corrected chi connectivity index (χ0v) is 12.6. The molecule has 0 spiro atoms. The summed E-state index contributed by atoms with van der Waals surface area (Å²) in [4.78, 5) is 0.